The summed E-state index contributed by atoms with van der Waals surface area (Å²) in [4.78, 5) is 14.5. The predicted octanol–water partition coefficient (Wildman–Crippen LogP) is -2.02. The Morgan fingerprint density at radius 3 is 3.00 bits per heavy atom. The van der Waals surface area contributed by atoms with Gasteiger partial charge in [-0.2, -0.15) is 0 Å². The molecule has 1 aliphatic rings. The van der Waals surface area contributed by atoms with Gasteiger partial charge in [0.1, 0.15) is 6.33 Å². The van der Waals surface area contributed by atoms with Gasteiger partial charge in [0, 0.05) is 13.0 Å². The molecule has 8 heteroatoms. The first kappa shape index (κ1) is 11.0. The van der Waals surface area contributed by atoms with Crippen molar-refractivity contribution in [1.29, 1.82) is 0 Å². The van der Waals surface area contributed by atoms with Crippen LogP contribution in [0.1, 0.15) is 23.3 Å². The van der Waals surface area contributed by atoms with Crippen molar-refractivity contribution in [2.24, 2.45) is 11.5 Å². The molecule has 1 aromatic rings. The van der Waals surface area contributed by atoms with E-state index in [2.05, 4.69) is 10.1 Å². The Hall–Kier alpha value is -1.51. The second-order valence-electron chi connectivity index (χ2n) is 3.58. The van der Waals surface area contributed by atoms with E-state index < -0.39 is 24.3 Å². The summed E-state index contributed by atoms with van der Waals surface area (Å²) in [6.45, 7) is 0.231. The van der Waals surface area contributed by atoms with Crippen molar-refractivity contribution in [3.8, 4) is 0 Å². The summed E-state index contributed by atoms with van der Waals surface area (Å²) in [5.74, 6) is -0.776. The molecular weight excluding hydrogens is 214 g/mol. The van der Waals surface area contributed by atoms with Crippen molar-refractivity contribution in [3.63, 3.8) is 0 Å². The van der Waals surface area contributed by atoms with Crippen LogP contribution < -0.4 is 11.5 Å². The second kappa shape index (κ2) is 4.16. The number of nitrogens with two attached hydrogens (primary N) is 2. The van der Waals surface area contributed by atoms with Gasteiger partial charge in [-0.05, 0) is 0 Å². The van der Waals surface area contributed by atoms with Crippen LogP contribution in [0.3, 0.4) is 0 Å². The first-order chi connectivity index (χ1) is 7.61. The highest BCUT2D eigenvalue weighted by Crippen LogP contribution is 2.27. The SMILES string of the molecule is NC[C@H]1O[C@@H](n2cnc(C(N)=O)n2)CC1O. The molecule has 0 radical (unpaired) electrons. The van der Waals surface area contributed by atoms with Crippen LogP contribution in [-0.2, 0) is 4.74 Å². The minimum absolute atomic E-state index is 0.0747. The third-order valence-corrected chi connectivity index (χ3v) is 2.46. The number of ether oxygens (including phenoxy) is 1. The summed E-state index contributed by atoms with van der Waals surface area (Å²) >= 11 is 0. The number of aliphatic hydroxyl groups excluding tert-OH is 1. The summed E-state index contributed by atoms with van der Waals surface area (Å²) in [6.07, 6.45) is 0.214. The third-order valence-electron chi connectivity index (χ3n) is 2.46. The lowest BCUT2D eigenvalue weighted by atomic mass is 10.2. The Kier molecular flexibility index (Phi) is 2.86. The number of carbonyl (C=O) groups excluding carboxylic acids is 1. The summed E-state index contributed by atoms with van der Waals surface area (Å²) in [7, 11) is 0. The van der Waals surface area contributed by atoms with E-state index in [0.717, 1.165) is 0 Å². The van der Waals surface area contributed by atoms with Gasteiger partial charge >= 0.3 is 0 Å². The monoisotopic (exact) mass is 227 g/mol. The molecule has 1 amide bonds. The fourth-order valence-corrected chi connectivity index (χ4v) is 1.62. The molecule has 2 rings (SSSR count). The lowest BCUT2D eigenvalue weighted by Gasteiger charge is -2.11. The first-order valence-electron chi connectivity index (χ1n) is 4.86. The van der Waals surface area contributed by atoms with E-state index >= 15 is 0 Å². The van der Waals surface area contributed by atoms with Crippen molar-refractivity contribution in [3.05, 3.63) is 12.2 Å². The number of aromatic nitrogens is 3. The fraction of sp³-hybridized carbons (Fsp3) is 0.625. The van der Waals surface area contributed by atoms with Crippen LogP contribution in [0.5, 0.6) is 0 Å². The molecule has 0 aliphatic carbocycles. The van der Waals surface area contributed by atoms with Gasteiger partial charge in [0.25, 0.3) is 5.91 Å². The molecule has 0 saturated carbocycles. The Morgan fingerprint density at radius 1 is 1.75 bits per heavy atom. The quantitative estimate of drug-likeness (QED) is 0.546. The number of carbonyl (C=O) groups is 1. The van der Waals surface area contributed by atoms with Gasteiger partial charge < -0.3 is 21.3 Å². The van der Waals surface area contributed by atoms with Crippen LogP contribution >= 0.6 is 0 Å². The Bertz CT molecular complexity index is 393. The molecular formula is C8H13N5O3. The van der Waals surface area contributed by atoms with E-state index in [1.165, 1.54) is 11.0 Å². The molecule has 0 spiro atoms. The van der Waals surface area contributed by atoms with E-state index in [1.807, 2.05) is 0 Å². The largest absolute Gasteiger partial charge is 0.390 e. The molecule has 1 aliphatic heterocycles. The molecule has 5 N–H and O–H groups in total. The molecule has 2 heterocycles. The Labute approximate surface area is 91.2 Å². The van der Waals surface area contributed by atoms with Gasteiger partial charge in [0.15, 0.2) is 6.23 Å². The summed E-state index contributed by atoms with van der Waals surface area (Å²) < 4.78 is 6.80. The molecule has 1 saturated heterocycles. The maximum Gasteiger partial charge on any atom is 0.288 e. The van der Waals surface area contributed by atoms with Crippen molar-refractivity contribution in [2.75, 3.05) is 6.54 Å². The lowest BCUT2D eigenvalue weighted by Crippen LogP contribution is -2.29. The van der Waals surface area contributed by atoms with Crippen molar-refractivity contribution < 1.29 is 14.6 Å². The molecule has 3 atom stereocenters. The van der Waals surface area contributed by atoms with Crippen molar-refractivity contribution in [2.45, 2.75) is 24.9 Å². The normalized spacial score (nSPS) is 29.5. The molecule has 16 heavy (non-hydrogen) atoms. The van der Waals surface area contributed by atoms with Crippen LogP contribution in [-0.4, -0.2) is 44.5 Å². The highest BCUT2D eigenvalue weighted by atomic mass is 16.5. The predicted molar refractivity (Wildman–Crippen MR) is 52.1 cm³/mol. The van der Waals surface area contributed by atoms with Crippen molar-refractivity contribution in [1.82, 2.24) is 14.8 Å². The fourth-order valence-electron chi connectivity index (χ4n) is 1.62. The third kappa shape index (κ3) is 1.90. The average molecular weight is 227 g/mol. The van der Waals surface area contributed by atoms with E-state index in [0.29, 0.717) is 6.42 Å². The van der Waals surface area contributed by atoms with Gasteiger partial charge in [0.05, 0.1) is 12.2 Å². The second-order valence-corrected chi connectivity index (χ2v) is 3.58. The van der Waals surface area contributed by atoms with Crippen LogP contribution in [0.15, 0.2) is 6.33 Å². The molecule has 0 aromatic carbocycles. The maximum atomic E-state index is 10.8. The first-order valence-corrected chi connectivity index (χ1v) is 4.86. The van der Waals surface area contributed by atoms with Crippen LogP contribution in [0.25, 0.3) is 0 Å². The maximum absolute atomic E-state index is 10.8. The standard InChI is InChI=1S/C8H13N5O3/c9-2-5-4(14)1-6(16-5)13-3-11-8(12-13)7(10)15/h3-6,14H,1-2,9H2,(H2,10,15)/t4?,5-,6-/m1/s1. The van der Waals surface area contributed by atoms with Gasteiger partial charge in [-0.1, -0.05) is 0 Å². The molecule has 1 unspecified atom stereocenters. The zero-order valence-corrected chi connectivity index (χ0v) is 8.48. The highest BCUT2D eigenvalue weighted by Gasteiger charge is 2.34. The molecule has 1 aromatic heterocycles. The van der Waals surface area contributed by atoms with Gasteiger partial charge in [-0.3, -0.25) is 4.79 Å². The highest BCUT2D eigenvalue weighted by molar-refractivity contribution is 5.88. The van der Waals surface area contributed by atoms with E-state index in [4.69, 9.17) is 16.2 Å². The smallest absolute Gasteiger partial charge is 0.288 e. The summed E-state index contributed by atoms with van der Waals surface area (Å²) in [5.41, 5.74) is 10.4. The van der Waals surface area contributed by atoms with Crippen LogP contribution in [0.2, 0.25) is 0 Å². The number of nitrogens with zero attached hydrogens (tertiary/aromatic N) is 3. The minimum Gasteiger partial charge on any atom is -0.390 e. The number of hydrogen-bond acceptors (Lipinski definition) is 6. The number of amides is 1. The van der Waals surface area contributed by atoms with E-state index in [9.17, 15) is 9.90 Å². The molecule has 88 valence electrons. The minimum atomic E-state index is -0.701. The Balaban J connectivity index is 2.11. The number of hydrogen-bond donors (Lipinski definition) is 3. The zero-order valence-electron chi connectivity index (χ0n) is 8.48. The average Bonchev–Trinajstić information content (AvgIpc) is 2.83. The number of aliphatic hydroxyl groups is 1. The van der Waals surface area contributed by atoms with E-state index in [1.54, 1.807) is 0 Å². The number of rotatable bonds is 3. The number of primary amides is 1. The van der Waals surface area contributed by atoms with Gasteiger partial charge in [-0.15, -0.1) is 5.10 Å². The Morgan fingerprint density at radius 2 is 2.50 bits per heavy atom. The topological polar surface area (TPSA) is 129 Å². The van der Waals surface area contributed by atoms with Crippen LogP contribution in [0, 0.1) is 0 Å². The van der Waals surface area contributed by atoms with Gasteiger partial charge in [0.2, 0.25) is 5.82 Å². The molecule has 1 fully saturated rings. The van der Waals surface area contributed by atoms with Gasteiger partial charge in [-0.25, -0.2) is 9.67 Å². The summed E-state index contributed by atoms with van der Waals surface area (Å²) in [6, 6.07) is 0. The lowest BCUT2D eigenvalue weighted by molar-refractivity contribution is -0.0187. The molecule has 0 bridgehead atoms. The molecule has 8 nitrogen and oxygen atoms in total. The van der Waals surface area contributed by atoms with E-state index in [-0.39, 0.29) is 12.4 Å². The van der Waals surface area contributed by atoms with Crippen LogP contribution in [0.4, 0.5) is 0 Å². The zero-order chi connectivity index (χ0) is 11.7. The van der Waals surface area contributed by atoms with Crippen molar-refractivity contribution >= 4 is 5.91 Å². The summed E-state index contributed by atoms with van der Waals surface area (Å²) in [5, 5.41) is 13.4.